The summed E-state index contributed by atoms with van der Waals surface area (Å²) in [4.78, 5) is 12.6. The Bertz CT molecular complexity index is 1240. The number of carbonyl (C=O) groups is 1. The van der Waals surface area contributed by atoms with Crippen molar-refractivity contribution in [2.45, 2.75) is 13.0 Å². The summed E-state index contributed by atoms with van der Waals surface area (Å²) < 4.78 is 28.1. The van der Waals surface area contributed by atoms with Crippen LogP contribution in [-0.4, -0.2) is 31.6 Å². The first-order chi connectivity index (χ1) is 16.1. The summed E-state index contributed by atoms with van der Waals surface area (Å²) in [5.41, 5.74) is 2.73. The monoisotopic (exact) mass is 446 g/mol. The molecule has 2 heterocycles. The maximum atomic E-state index is 12.6. The lowest BCUT2D eigenvalue weighted by molar-refractivity contribution is -0.133. The van der Waals surface area contributed by atoms with Gasteiger partial charge in [0.05, 0.1) is 19.3 Å². The average Bonchev–Trinajstić information content (AvgIpc) is 3.31. The van der Waals surface area contributed by atoms with Crippen molar-refractivity contribution < 1.29 is 33.6 Å². The molecule has 0 saturated carbocycles. The van der Waals surface area contributed by atoms with Gasteiger partial charge in [-0.25, -0.2) is 4.79 Å². The molecular weight excluding hydrogens is 424 g/mol. The van der Waals surface area contributed by atoms with Crippen molar-refractivity contribution in [3.8, 4) is 28.7 Å². The standard InChI is InChI=1S/C26H22O7/c1-3-30-18-9-11-20-19(13-18)23(15-4-7-17(29-2)8-5-15)24(26(27)28)25(33-20)16-6-10-21-22(12-16)32-14-31-21/h4-13,25H,3,14H2,1-2H3,(H,27,28). The number of methoxy groups -OCH3 is 1. The highest BCUT2D eigenvalue weighted by Crippen LogP contribution is 2.47. The zero-order chi connectivity index (χ0) is 22.9. The van der Waals surface area contributed by atoms with Crippen molar-refractivity contribution in [2.75, 3.05) is 20.5 Å². The van der Waals surface area contributed by atoms with Gasteiger partial charge in [-0.05, 0) is 55.0 Å². The number of ether oxygens (including phenoxy) is 5. The van der Waals surface area contributed by atoms with E-state index in [2.05, 4.69) is 0 Å². The molecular formula is C26H22O7. The largest absolute Gasteiger partial charge is 0.497 e. The van der Waals surface area contributed by atoms with Crippen LogP contribution in [0.5, 0.6) is 28.7 Å². The Morgan fingerprint density at radius 3 is 2.42 bits per heavy atom. The van der Waals surface area contributed by atoms with E-state index in [9.17, 15) is 9.90 Å². The number of benzene rings is 3. The number of fused-ring (bicyclic) bond motifs is 2. The van der Waals surface area contributed by atoms with Gasteiger partial charge in [-0.2, -0.15) is 0 Å². The van der Waals surface area contributed by atoms with Gasteiger partial charge in [0.25, 0.3) is 0 Å². The van der Waals surface area contributed by atoms with Crippen LogP contribution in [0, 0.1) is 0 Å². The predicted molar refractivity (Wildman–Crippen MR) is 120 cm³/mol. The van der Waals surface area contributed by atoms with Crippen molar-refractivity contribution in [1.82, 2.24) is 0 Å². The highest BCUT2D eigenvalue weighted by atomic mass is 16.7. The lowest BCUT2D eigenvalue weighted by Crippen LogP contribution is -2.23. The second-order valence-electron chi connectivity index (χ2n) is 7.52. The summed E-state index contributed by atoms with van der Waals surface area (Å²) in [5, 5.41) is 10.3. The molecule has 33 heavy (non-hydrogen) atoms. The van der Waals surface area contributed by atoms with E-state index >= 15 is 0 Å². The third-order valence-corrected chi connectivity index (χ3v) is 5.62. The summed E-state index contributed by atoms with van der Waals surface area (Å²) in [7, 11) is 1.59. The zero-order valence-corrected chi connectivity index (χ0v) is 18.2. The van der Waals surface area contributed by atoms with Crippen LogP contribution < -0.4 is 23.7 Å². The first-order valence-electron chi connectivity index (χ1n) is 10.5. The van der Waals surface area contributed by atoms with Crippen LogP contribution in [0.25, 0.3) is 5.57 Å². The van der Waals surface area contributed by atoms with Crippen molar-refractivity contribution in [3.05, 3.63) is 82.9 Å². The molecule has 168 valence electrons. The smallest absolute Gasteiger partial charge is 0.336 e. The second kappa shape index (κ2) is 8.43. The molecule has 3 aromatic carbocycles. The fourth-order valence-corrected chi connectivity index (χ4v) is 4.12. The number of hydrogen-bond donors (Lipinski definition) is 1. The Kier molecular flexibility index (Phi) is 5.30. The van der Waals surface area contributed by atoms with Crippen LogP contribution in [0.15, 0.2) is 66.2 Å². The van der Waals surface area contributed by atoms with E-state index in [1.807, 2.05) is 37.3 Å². The van der Waals surface area contributed by atoms with E-state index < -0.39 is 12.1 Å². The molecule has 0 aliphatic carbocycles. The van der Waals surface area contributed by atoms with Gasteiger partial charge in [0.15, 0.2) is 17.6 Å². The number of rotatable bonds is 6. The fraction of sp³-hybridized carbons (Fsp3) is 0.192. The molecule has 0 radical (unpaired) electrons. The molecule has 7 heteroatoms. The molecule has 0 aromatic heterocycles. The van der Waals surface area contributed by atoms with E-state index in [0.29, 0.717) is 52.1 Å². The van der Waals surface area contributed by atoms with Crippen molar-refractivity contribution in [2.24, 2.45) is 0 Å². The zero-order valence-electron chi connectivity index (χ0n) is 18.2. The normalized spacial score (nSPS) is 16.1. The molecule has 0 fully saturated rings. The molecule has 1 atom stereocenters. The Hall–Kier alpha value is -4.13. The topological polar surface area (TPSA) is 83.5 Å². The van der Waals surface area contributed by atoms with Gasteiger partial charge in [-0.15, -0.1) is 0 Å². The van der Waals surface area contributed by atoms with Gasteiger partial charge in [0, 0.05) is 16.7 Å². The Morgan fingerprint density at radius 2 is 1.70 bits per heavy atom. The third-order valence-electron chi connectivity index (χ3n) is 5.62. The number of carboxylic acids is 1. The minimum absolute atomic E-state index is 0.125. The van der Waals surface area contributed by atoms with Gasteiger partial charge in [0.1, 0.15) is 17.2 Å². The van der Waals surface area contributed by atoms with Crippen LogP contribution in [0.3, 0.4) is 0 Å². The molecule has 1 N–H and O–H groups in total. The molecule has 2 aliphatic heterocycles. The quantitative estimate of drug-likeness (QED) is 0.580. The minimum atomic E-state index is -1.07. The van der Waals surface area contributed by atoms with Gasteiger partial charge >= 0.3 is 5.97 Å². The lowest BCUT2D eigenvalue weighted by Gasteiger charge is -2.30. The molecule has 0 bridgehead atoms. The summed E-state index contributed by atoms with van der Waals surface area (Å²) >= 11 is 0. The van der Waals surface area contributed by atoms with E-state index in [-0.39, 0.29) is 12.4 Å². The fourth-order valence-electron chi connectivity index (χ4n) is 4.12. The first kappa shape index (κ1) is 20.8. The minimum Gasteiger partial charge on any atom is -0.497 e. The Balaban J connectivity index is 1.73. The Labute approximate surface area is 190 Å². The lowest BCUT2D eigenvalue weighted by atomic mass is 9.85. The molecule has 7 nitrogen and oxygen atoms in total. The molecule has 5 rings (SSSR count). The van der Waals surface area contributed by atoms with Crippen molar-refractivity contribution >= 4 is 11.5 Å². The van der Waals surface area contributed by atoms with Crippen LogP contribution in [0.2, 0.25) is 0 Å². The third kappa shape index (κ3) is 3.71. The maximum absolute atomic E-state index is 12.6. The molecule has 0 amide bonds. The van der Waals surface area contributed by atoms with E-state index in [1.54, 1.807) is 37.4 Å². The highest BCUT2D eigenvalue weighted by Gasteiger charge is 2.36. The molecule has 3 aromatic rings. The van der Waals surface area contributed by atoms with Crippen molar-refractivity contribution in [3.63, 3.8) is 0 Å². The van der Waals surface area contributed by atoms with Gasteiger partial charge in [-0.3, -0.25) is 0 Å². The highest BCUT2D eigenvalue weighted by molar-refractivity contribution is 6.04. The second-order valence-corrected chi connectivity index (χ2v) is 7.52. The van der Waals surface area contributed by atoms with Gasteiger partial charge in [-0.1, -0.05) is 18.2 Å². The van der Waals surface area contributed by atoms with E-state index in [1.165, 1.54) is 0 Å². The maximum Gasteiger partial charge on any atom is 0.336 e. The summed E-state index contributed by atoms with van der Waals surface area (Å²) in [6.07, 6.45) is -0.848. The van der Waals surface area contributed by atoms with Crippen LogP contribution in [-0.2, 0) is 4.79 Å². The summed E-state index contributed by atoms with van der Waals surface area (Å²) in [6, 6.07) is 18.1. The summed E-state index contributed by atoms with van der Waals surface area (Å²) in [6.45, 7) is 2.52. The summed E-state index contributed by atoms with van der Waals surface area (Å²) in [5.74, 6) is 1.99. The van der Waals surface area contributed by atoms with Crippen molar-refractivity contribution in [1.29, 1.82) is 0 Å². The van der Waals surface area contributed by atoms with Crippen LogP contribution in [0.1, 0.15) is 29.7 Å². The molecule has 0 saturated heterocycles. The van der Waals surface area contributed by atoms with Crippen LogP contribution >= 0.6 is 0 Å². The van der Waals surface area contributed by atoms with Crippen LogP contribution in [0.4, 0.5) is 0 Å². The molecule has 2 aliphatic rings. The SMILES string of the molecule is CCOc1ccc2c(c1)C(c1ccc(OC)cc1)=C(C(=O)O)C(c1ccc3c(c1)OCO3)O2. The number of carboxylic acid groups (broad SMARTS) is 1. The molecule has 1 unspecified atom stereocenters. The number of aliphatic carboxylic acids is 1. The predicted octanol–water partition coefficient (Wildman–Crippen LogP) is 4.84. The van der Waals surface area contributed by atoms with E-state index in [4.69, 9.17) is 23.7 Å². The number of hydrogen-bond acceptors (Lipinski definition) is 6. The average molecular weight is 446 g/mol. The van der Waals surface area contributed by atoms with Gasteiger partial charge in [0.2, 0.25) is 6.79 Å². The first-order valence-corrected chi connectivity index (χ1v) is 10.5. The Morgan fingerprint density at radius 1 is 0.970 bits per heavy atom. The molecule has 0 spiro atoms. The van der Waals surface area contributed by atoms with E-state index in [0.717, 1.165) is 5.56 Å². The van der Waals surface area contributed by atoms with Gasteiger partial charge < -0.3 is 28.8 Å².